The minimum Gasteiger partial charge on any atom is -0.365 e. The molecule has 1 N–H and O–H groups in total. The molecule has 0 unspecified atom stereocenters. The van der Waals surface area contributed by atoms with Crippen LogP contribution in [0.25, 0.3) is 0 Å². The van der Waals surface area contributed by atoms with Crippen molar-refractivity contribution in [3.05, 3.63) is 36.2 Å². The van der Waals surface area contributed by atoms with E-state index in [2.05, 4.69) is 24.6 Å². The molecule has 0 amide bonds. The summed E-state index contributed by atoms with van der Waals surface area (Å²) in [6.45, 7) is 5.96. The van der Waals surface area contributed by atoms with E-state index in [-0.39, 0.29) is 17.0 Å². The molecule has 0 aliphatic carbocycles. The highest BCUT2D eigenvalue weighted by molar-refractivity contribution is 8.93. The van der Waals surface area contributed by atoms with Crippen LogP contribution in [0.4, 0.5) is 0 Å². The number of aromatic nitrogens is 1. The van der Waals surface area contributed by atoms with Gasteiger partial charge in [-0.05, 0) is 30.9 Å². The Morgan fingerprint density at radius 2 is 2.31 bits per heavy atom. The van der Waals surface area contributed by atoms with Gasteiger partial charge < -0.3 is 4.98 Å². The van der Waals surface area contributed by atoms with Crippen LogP contribution in [0, 0.1) is 0 Å². The van der Waals surface area contributed by atoms with E-state index in [9.17, 15) is 0 Å². The molecule has 0 saturated carbocycles. The van der Waals surface area contributed by atoms with E-state index < -0.39 is 0 Å². The number of aromatic amines is 1. The van der Waals surface area contributed by atoms with Crippen LogP contribution < -0.4 is 0 Å². The second-order valence-electron chi connectivity index (χ2n) is 3.08. The molecule has 1 aromatic heterocycles. The van der Waals surface area contributed by atoms with Crippen molar-refractivity contribution in [2.45, 2.75) is 32.6 Å². The monoisotopic (exact) mass is 243 g/mol. The Bertz CT molecular complexity index is 240. The summed E-state index contributed by atoms with van der Waals surface area (Å²) in [5.74, 6) is 0. The fourth-order valence-electron chi connectivity index (χ4n) is 1.37. The molecule has 1 aromatic rings. The van der Waals surface area contributed by atoms with Crippen molar-refractivity contribution in [3.8, 4) is 0 Å². The van der Waals surface area contributed by atoms with E-state index in [0.717, 1.165) is 6.42 Å². The quantitative estimate of drug-likeness (QED) is 0.761. The summed E-state index contributed by atoms with van der Waals surface area (Å²) >= 11 is 0. The van der Waals surface area contributed by atoms with Crippen LogP contribution in [0.1, 0.15) is 31.0 Å². The van der Waals surface area contributed by atoms with E-state index in [0.29, 0.717) is 0 Å². The molecule has 1 rings (SSSR count). The zero-order valence-electron chi connectivity index (χ0n) is 8.18. The maximum absolute atomic E-state index is 3.74. The number of nitrogens with one attached hydrogen (secondary N) is 1. The summed E-state index contributed by atoms with van der Waals surface area (Å²) in [6, 6.07) is 2.15. The normalized spacial score (nSPS) is 9.31. The maximum atomic E-state index is 3.74. The largest absolute Gasteiger partial charge is 0.365 e. The summed E-state index contributed by atoms with van der Waals surface area (Å²) < 4.78 is 0. The molecule has 13 heavy (non-hydrogen) atoms. The SMILES string of the molecule is Br.C=CCc1cc[nH]c1CCCC. The molecule has 0 radical (unpaired) electrons. The molecule has 0 atom stereocenters. The standard InChI is InChI=1S/C11H17N.BrH/c1-3-5-7-11-10(6-4-2)8-9-12-11;/h4,8-9,12H,2-3,5-7H2,1H3;1H. The number of aryl methyl sites for hydroxylation is 1. The number of hydrogen-bond acceptors (Lipinski definition) is 0. The van der Waals surface area contributed by atoms with Crippen molar-refractivity contribution in [2.75, 3.05) is 0 Å². The second-order valence-corrected chi connectivity index (χ2v) is 3.08. The van der Waals surface area contributed by atoms with E-state index in [1.807, 2.05) is 12.3 Å². The lowest BCUT2D eigenvalue weighted by Crippen LogP contribution is -1.90. The second kappa shape index (κ2) is 6.96. The topological polar surface area (TPSA) is 15.8 Å². The molecule has 0 spiro atoms. The Hall–Kier alpha value is -0.500. The lowest BCUT2D eigenvalue weighted by Gasteiger charge is -1.99. The molecular formula is C11H18BrN. The summed E-state index contributed by atoms with van der Waals surface area (Å²) in [4.78, 5) is 3.28. The Morgan fingerprint density at radius 3 is 2.92 bits per heavy atom. The van der Waals surface area contributed by atoms with Gasteiger partial charge in [-0.15, -0.1) is 23.6 Å². The van der Waals surface area contributed by atoms with Crippen molar-refractivity contribution >= 4 is 17.0 Å². The van der Waals surface area contributed by atoms with Crippen LogP contribution in [0.3, 0.4) is 0 Å². The smallest absolute Gasteiger partial charge is 0.0182 e. The molecule has 0 aliphatic rings. The predicted molar refractivity (Wildman–Crippen MR) is 63.6 cm³/mol. The highest BCUT2D eigenvalue weighted by atomic mass is 79.9. The van der Waals surface area contributed by atoms with Gasteiger partial charge in [-0.2, -0.15) is 0 Å². The molecular weight excluding hydrogens is 226 g/mol. The first-order chi connectivity index (χ1) is 5.88. The van der Waals surface area contributed by atoms with Gasteiger partial charge in [0.25, 0.3) is 0 Å². The van der Waals surface area contributed by atoms with Crippen LogP contribution in [-0.2, 0) is 12.8 Å². The number of rotatable bonds is 5. The predicted octanol–water partition coefficient (Wildman–Crippen LogP) is 3.66. The van der Waals surface area contributed by atoms with Crippen LogP contribution in [0.2, 0.25) is 0 Å². The first-order valence-electron chi connectivity index (χ1n) is 4.64. The summed E-state index contributed by atoms with van der Waals surface area (Å²) in [5.41, 5.74) is 2.79. The third-order valence-corrected chi connectivity index (χ3v) is 2.07. The van der Waals surface area contributed by atoms with Gasteiger partial charge in [0.05, 0.1) is 0 Å². The number of allylic oxidation sites excluding steroid dienone is 1. The maximum Gasteiger partial charge on any atom is 0.0182 e. The summed E-state index contributed by atoms with van der Waals surface area (Å²) in [5, 5.41) is 0. The van der Waals surface area contributed by atoms with Crippen LogP contribution in [0.5, 0.6) is 0 Å². The zero-order valence-corrected chi connectivity index (χ0v) is 9.89. The molecule has 0 fully saturated rings. The Morgan fingerprint density at radius 1 is 1.54 bits per heavy atom. The number of halogens is 1. The molecule has 74 valence electrons. The first kappa shape index (κ1) is 12.5. The third kappa shape index (κ3) is 3.81. The molecule has 1 heterocycles. The van der Waals surface area contributed by atoms with E-state index in [1.165, 1.54) is 30.5 Å². The zero-order chi connectivity index (χ0) is 8.81. The van der Waals surface area contributed by atoms with E-state index >= 15 is 0 Å². The van der Waals surface area contributed by atoms with Gasteiger partial charge in [0.1, 0.15) is 0 Å². The van der Waals surface area contributed by atoms with Crippen molar-refractivity contribution in [1.82, 2.24) is 4.98 Å². The molecule has 2 heteroatoms. The molecule has 1 nitrogen and oxygen atoms in total. The van der Waals surface area contributed by atoms with Gasteiger partial charge in [-0.1, -0.05) is 19.4 Å². The van der Waals surface area contributed by atoms with Gasteiger partial charge >= 0.3 is 0 Å². The third-order valence-electron chi connectivity index (χ3n) is 2.07. The van der Waals surface area contributed by atoms with Crippen molar-refractivity contribution in [1.29, 1.82) is 0 Å². The van der Waals surface area contributed by atoms with Crippen LogP contribution >= 0.6 is 17.0 Å². The minimum atomic E-state index is 0. The van der Waals surface area contributed by atoms with E-state index in [4.69, 9.17) is 0 Å². The van der Waals surface area contributed by atoms with Crippen molar-refractivity contribution < 1.29 is 0 Å². The highest BCUT2D eigenvalue weighted by Crippen LogP contribution is 2.10. The number of hydrogen-bond donors (Lipinski definition) is 1. The molecule has 0 aliphatic heterocycles. The lowest BCUT2D eigenvalue weighted by molar-refractivity contribution is 0.775. The van der Waals surface area contributed by atoms with Gasteiger partial charge in [-0.25, -0.2) is 0 Å². The number of H-pyrrole nitrogens is 1. The first-order valence-corrected chi connectivity index (χ1v) is 4.64. The molecule has 0 aromatic carbocycles. The minimum absolute atomic E-state index is 0. The average Bonchev–Trinajstić information content (AvgIpc) is 2.50. The van der Waals surface area contributed by atoms with Crippen LogP contribution in [0.15, 0.2) is 24.9 Å². The lowest BCUT2D eigenvalue weighted by atomic mass is 10.1. The molecule has 0 bridgehead atoms. The Kier molecular flexibility index (Phi) is 6.69. The molecule has 0 saturated heterocycles. The fraction of sp³-hybridized carbons (Fsp3) is 0.455. The Balaban J connectivity index is 0.00000144. The highest BCUT2D eigenvalue weighted by Gasteiger charge is 2.00. The van der Waals surface area contributed by atoms with Gasteiger partial charge in [0.2, 0.25) is 0 Å². The van der Waals surface area contributed by atoms with Crippen LogP contribution in [-0.4, -0.2) is 4.98 Å². The van der Waals surface area contributed by atoms with Gasteiger partial charge in [0, 0.05) is 11.9 Å². The van der Waals surface area contributed by atoms with Crippen molar-refractivity contribution in [2.24, 2.45) is 0 Å². The van der Waals surface area contributed by atoms with Gasteiger partial charge in [0.15, 0.2) is 0 Å². The summed E-state index contributed by atoms with van der Waals surface area (Å²) in [7, 11) is 0. The van der Waals surface area contributed by atoms with Gasteiger partial charge in [-0.3, -0.25) is 0 Å². The van der Waals surface area contributed by atoms with Crippen molar-refractivity contribution in [3.63, 3.8) is 0 Å². The van der Waals surface area contributed by atoms with E-state index in [1.54, 1.807) is 0 Å². The Labute approximate surface area is 91.0 Å². The average molecular weight is 244 g/mol. The summed E-state index contributed by atoms with van der Waals surface area (Å²) in [6.07, 6.45) is 8.66. The fourth-order valence-corrected chi connectivity index (χ4v) is 1.37. The number of unbranched alkanes of at least 4 members (excludes halogenated alkanes) is 1.